The quantitative estimate of drug-likeness (QED) is 0.650. The topological polar surface area (TPSA) is 70.2 Å². The summed E-state index contributed by atoms with van der Waals surface area (Å²) >= 11 is 0. The average Bonchev–Trinajstić information content (AvgIpc) is 2.85. The third kappa shape index (κ3) is 4.79. The maximum absolute atomic E-state index is 13.3. The first-order chi connectivity index (χ1) is 16.2. The fourth-order valence-electron chi connectivity index (χ4n) is 5.03. The minimum absolute atomic E-state index is 0.0754. The maximum atomic E-state index is 13.3. The van der Waals surface area contributed by atoms with Gasteiger partial charge in [0, 0.05) is 45.0 Å². The van der Waals surface area contributed by atoms with E-state index in [0.29, 0.717) is 31.8 Å². The van der Waals surface area contributed by atoms with E-state index in [-0.39, 0.29) is 23.3 Å². The van der Waals surface area contributed by atoms with Gasteiger partial charge in [-0.3, -0.25) is 4.79 Å². The number of sulfonamides is 1. The number of piperidine rings is 1. The molecule has 184 valence electrons. The highest BCUT2D eigenvalue weighted by Crippen LogP contribution is 2.29. The van der Waals surface area contributed by atoms with Crippen molar-refractivity contribution >= 4 is 21.6 Å². The molecule has 0 aromatic heterocycles. The van der Waals surface area contributed by atoms with Crippen molar-refractivity contribution in [1.82, 2.24) is 9.21 Å². The molecule has 2 fully saturated rings. The van der Waals surface area contributed by atoms with Gasteiger partial charge in [-0.25, -0.2) is 8.42 Å². The average molecular weight is 486 g/mol. The number of hydrogen-bond acceptors (Lipinski definition) is 5. The molecule has 0 aliphatic carbocycles. The number of piperazine rings is 1. The largest absolute Gasteiger partial charge is 0.496 e. The van der Waals surface area contributed by atoms with Gasteiger partial charge in [0.15, 0.2) is 0 Å². The number of methoxy groups -OCH3 is 1. The van der Waals surface area contributed by atoms with Crippen LogP contribution in [-0.4, -0.2) is 69.9 Å². The van der Waals surface area contributed by atoms with Gasteiger partial charge in [0.25, 0.3) is 0 Å². The number of aryl methyl sites for hydroxylation is 2. The predicted octanol–water partition coefficient (Wildman–Crippen LogP) is 3.37. The molecule has 1 amide bonds. The fraction of sp³-hybridized carbons (Fsp3) is 0.500. The molecule has 2 aliphatic heterocycles. The Kier molecular flexibility index (Phi) is 7.19. The van der Waals surface area contributed by atoms with Crippen LogP contribution in [0.25, 0.3) is 0 Å². The minimum Gasteiger partial charge on any atom is -0.496 e. The van der Waals surface area contributed by atoms with E-state index in [1.165, 1.54) is 21.1 Å². The number of ether oxygens (including phenoxy) is 1. The molecule has 1 atom stereocenters. The fourth-order valence-corrected chi connectivity index (χ4v) is 6.64. The number of anilines is 1. The van der Waals surface area contributed by atoms with Crippen molar-refractivity contribution in [3.63, 3.8) is 0 Å². The SMILES string of the molecule is COc1ccc(S(=O)(=O)N2CCC[C@H](C(=O)N3CCN(c4cccc(C)c4C)CC3)C2)cc1C. The summed E-state index contributed by atoms with van der Waals surface area (Å²) in [4.78, 5) is 17.8. The van der Waals surface area contributed by atoms with Crippen molar-refractivity contribution in [3.05, 3.63) is 53.1 Å². The van der Waals surface area contributed by atoms with Crippen LogP contribution in [-0.2, 0) is 14.8 Å². The third-order valence-corrected chi connectivity index (χ3v) is 9.11. The lowest BCUT2D eigenvalue weighted by atomic mass is 9.97. The predicted molar refractivity (Wildman–Crippen MR) is 134 cm³/mol. The second-order valence-electron chi connectivity index (χ2n) is 9.37. The van der Waals surface area contributed by atoms with Crippen LogP contribution in [0.15, 0.2) is 41.3 Å². The monoisotopic (exact) mass is 485 g/mol. The molecule has 0 spiro atoms. The van der Waals surface area contributed by atoms with Gasteiger partial charge in [-0.15, -0.1) is 0 Å². The zero-order chi connectivity index (χ0) is 24.5. The van der Waals surface area contributed by atoms with Crippen molar-refractivity contribution in [2.24, 2.45) is 5.92 Å². The molecule has 4 rings (SSSR count). The summed E-state index contributed by atoms with van der Waals surface area (Å²) in [5, 5.41) is 0. The minimum atomic E-state index is -3.66. The first-order valence-corrected chi connectivity index (χ1v) is 13.4. The van der Waals surface area contributed by atoms with Gasteiger partial charge in [-0.05, 0) is 74.6 Å². The van der Waals surface area contributed by atoms with E-state index in [1.54, 1.807) is 25.3 Å². The molecule has 0 radical (unpaired) electrons. The van der Waals surface area contributed by atoms with Crippen LogP contribution in [0, 0.1) is 26.7 Å². The van der Waals surface area contributed by atoms with Crippen LogP contribution in [0.3, 0.4) is 0 Å². The number of rotatable bonds is 5. The number of nitrogens with zero attached hydrogens (tertiary/aromatic N) is 3. The molecule has 0 bridgehead atoms. The first kappa shape index (κ1) is 24.5. The third-order valence-electron chi connectivity index (χ3n) is 7.25. The summed E-state index contributed by atoms with van der Waals surface area (Å²) in [6.45, 7) is 9.67. The zero-order valence-electron chi connectivity index (χ0n) is 20.6. The summed E-state index contributed by atoms with van der Waals surface area (Å²) in [6.07, 6.45) is 1.41. The number of amides is 1. The van der Waals surface area contributed by atoms with E-state index >= 15 is 0 Å². The Morgan fingerprint density at radius 1 is 0.971 bits per heavy atom. The van der Waals surface area contributed by atoms with E-state index in [0.717, 1.165) is 25.1 Å². The molecule has 34 heavy (non-hydrogen) atoms. The van der Waals surface area contributed by atoms with Crippen LogP contribution in [0.1, 0.15) is 29.5 Å². The van der Waals surface area contributed by atoms with Gasteiger partial charge in [0.05, 0.1) is 17.9 Å². The Morgan fingerprint density at radius 2 is 1.71 bits per heavy atom. The number of benzene rings is 2. The van der Waals surface area contributed by atoms with Gasteiger partial charge in [-0.2, -0.15) is 4.31 Å². The van der Waals surface area contributed by atoms with Gasteiger partial charge in [-0.1, -0.05) is 12.1 Å². The second-order valence-corrected chi connectivity index (χ2v) is 11.3. The smallest absolute Gasteiger partial charge is 0.243 e. The molecule has 2 saturated heterocycles. The molecule has 2 aliphatic rings. The number of hydrogen-bond donors (Lipinski definition) is 0. The van der Waals surface area contributed by atoms with Gasteiger partial charge in [0.2, 0.25) is 15.9 Å². The second kappa shape index (κ2) is 9.96. The van der Waals surface area contributed by atoms with Crippen LogP contribution in [0.4, 0.5) is 5.69 Å². The van der Waals surface area contributed by atoms with Crippen molar-refractivity contribution in [1.29, 1.82) is 0 Å². The molecule has 0 N–H and O–H groups in total. The Bertz CT molecular complexity index is 1160. The van der Waals surface area contributed by atoms with Crippen molar-refractivity contribution < 1.29 is 17.9 Å². The van der Waals surface area contributed by atoms with Crippen molar-refractivity contribution in [3.8, 4) is 5.75 Å². The Balaban J connectivity index is 1.41. The lowest BCUT2D eigenvalue weighted by Crippen LogP contribution is -2.53. The molecule has 7 nitrogen and oxygen atoms in total. The molecule has 0 unspecified atom stereocenters. The molecule has 2 heterocycles. The highest BCUT2D eigenvalue weighted by Gasteiger charge is 2.36. The highest BCUT2D eigenvalue weighted by atomic mass is 32.2. The molecular formula is C26H35N3O4S. The molecule has 2 aromatic carbocycles. The lowest BCUT2D eigenvalue weighted by Gasteiger charge is -2.40. The molecule has 8 heteroatoms. The van der Waals surface area contributed by atoms with E-state index in [9.17, 15) is 13.2 Å². The van der Waals surface area contributed by atoms with E-state index in [4.69, 9.17) is 4.74 Å². The summed E-state index contributed by atoms with van der Waals surface area (Å²) < 4.78 is 33.3. The summed E-state index contributed by atoms with van der Waals surface area (Å²) in [7, 11) is -2.09. The number of carbonyl (C=O) groups excluding carboxylic acids is 1. The summed E-state index contributed by atoms with van der Waals surface area (Å²) in [5.74, 6) is 0.437. The van der Waals surface area contributed by atoms with E-state index in [1.807, 2.05) is 11.8 Å². The van der Waals surface area contributed by atoms with E-state index < -0.39 is 10.0 Å². The van der Waals surface area contributed by atoms with Gasteiger partial charge >= 0.3 is 0 Å². The highest BCUT2D eigenvalue weighted by molar-refractivity contribution is 7.89. The normalized spacial score (nSPS) is 19.8. The van der Waals surface area contributed by atoms with Crippen LogP contribution in [0.5, 0.6) is 5.75 Å². The summed E-state index contributed by atoms with van der Waals surface area (Å²) in [6, 6.07) is 11.3. The Hall–Kier alpha value is -2.58. The first-order valence-electron chi connectivity index (χ1n) is 12.0. The van der Waals surface area contributed by atoms with Gasteiger partial charge in [0.1, 0.15) is 5.75 Å². The van der Waals surface area contributed by atoms with Crippen molar-refractivity contribution in [2.45, 2.75) is 38.5 Å². The standard InChI is InChI=1S/C26H35N3O4S/c1-19-7-5-9-24(21(19)3)27-13-15-28(16-14-27)26(30)22-8-6-12-29(18-22)34(31,32)23-10-11-25(33-4)20(2)17-23/h5,7,9-11,17,22H,6,8,12-16,18H2,1-4H3/t22-/m0/s1. The molecule has 2 aromatic rings. The Labute approximate surface area is 203 Å². The van der Waals surface area contributed by atoms with Crippen LogP contribution < -0.4 is 9.64 Å². The number of carbonyl (C=O) groups is 1. The van der Waals surface area contributed by atoms with Crippen LogP contribution >= 0.6 is 0 Å². The summed E-state index contributed by atoms with van der Waals surface area (Å²) in [5.41, 5.74) is 4.56. The lowest BCUT2D eigenvalue weighted by molar-refractivity contribution is -0.137. The van der Waals surface area contributed by atoms with Gasteiger partial charge < -0.3 is 14.5 Å². The zero-order valence-corrected chi connectivity index (χ0v) is 21.4. The van der Waals surface area contributed by atoms with Crippen LogP contribution in [0.2, 0.25) is 0 Å². The van der Waals surface area contributed by atoms with Crippen molar-refractivity contribution in [2.75, 3.05) is 51.3 Å². The van der Waals surface area contributed by atoms with E-state index in [2.05, 4.69) is 36.9 Å². The molecular weight excluding hydrogens is 450 g/mol. The maximum Gasteiger partial charge on any atom is 0.243 e. The molecule has 0 saturated carbocycles. The Morgan fingerprint density at radius 3 is 2.38 bits per heavy atom.